The third kappa shape index (κ3) is 1.76. The second-order valence-electron chi connectivity index (χ2n) is 3.53. The van der Waals surface area contributed by atoms with E-state index in [4.69, 9.17) is 5.41 Å². The summed E-state index contributed by atoms with van der Waals surface area (Å²) in [6.07, 6.45) is 3.04. The summed E-state index contributed by atoms with van der Waals surface area (Å²) in [4.78, 5) is 1.95. The molecule has 74 valence electrons. The van der Waals surface area contributed by atoms with Crippen molar-refractivity contribution in [3.05, 3.63) is 30.1 Å². The number of benzene rings is 1. The normalized spacial score (nSPS) is 17.2. The van der Waals surface area contributed by atoms with E-state index in [1.165, 1.54) is 12.1 Å². The van der Waals surface area contributed by atoms with E-state index < -0.39 is 0 Å². The molecule has 1 aliphatic rings. The Morgan fingerprint density at radius 2 is 1.86 bits per heavy atom. The molecule has 1 aliphatic heterocycles. The number of halogens is 1. The van der Waals surface area contributed by atoms with Gasteiger partial charge in [0.05, 0.1) is 0 Å². The van der Waals surface area contributed by atoms with Crippen LogP contribution in [0.2, 0.25) is 0 Å². The lowest BCUT2D eigenvalue weighted by molar-refractivity contribution is 0.627. The Labute approximate surface area is 82.9 Å². The van der Waals surface area contributed by atoms with Gasteiger partial charge in [0.2, 0.25) is 0 Å². The Balaban J connectivity index is 2.20. The second kappa shape index (κ2) is 3.78. The van der Waals surface area contributed by atoms with E-state index in [0.29, 0.717) is 5.84 Å². The summed E-state index contributed by atoms with van der Waals surface area (Å²) in [5.41, 5.74) is 0.927. The van der Waals surface area contributed by atoms with Gasteiger partial charge in [-0.2, -0.15) is 0 Å². The SMILES string of the molecule is N=C1CCCCN1c1ccc(F)cc1. The summed E-state index contributed by atoms with van der Waals surface area (Å²) in [5, 5.41) is 7.77. The van der Waals surface area contributed by atoms with Gasteiger partial charge in [0, 0.05) is 18.7 Å². The number of hydrogen-bond acceptors (Lipinski definition) is 1. The third-order valence-corrected chi connectivity index (χ3v) is 2.51. The molecule has 3 heteroatoms. The standard InChI is InChI=1S/C11H13FN2/c12-9-4-6-10(7-5-9)14-8-2-1-3-11(14)13/h4-7,13H,1-3,8H2. The topological polar surface area (TPSA) is 27.1 Å². The van der Waals surface area contributed by atoms with Gasteiger partial charge in [-0.15, -0.1) is 0 Å². The van der Waals surface area contributed by atoms with Crippen molar-refractivity contribution >= 4 is 11.5 Å². The van der Waals surface area contributed by atoms with Crippen molar-refractivity contribution in [3.8, 4) is 0 Å². The zero-order chi connectivity index (χ0) is 9.97. The van der Waals surface area contributed by atoms with Gasteiger partial charge in [-0.3, -0.25) is 5.41 Å². The van der Waals surface area contributed by atoms with Crippen LogP contribution < -0.4 is 4.90 Å². The maximum Gasteiger partial charge on any atom is 0.123 e. The Kier molecular flexibility index (Phi) is 2.48. The molecule has 0 radical (unpaired) electrons. The van der Waals surface area contributed by atoms with Crippen LogP contribution in [0.1, 0.15) is 19.3 Å². The van der Waals surface area contributed by atoms with Crippen LogP contribution in [0.5, 0.6) is 0 Å². The summed E-state index contributed by atoms with van der Waals surface area (Å²) in [7, 11) is 0. The number of anilines is 1. The van der Waals surface area contributed by atoms with Crippen LogP contribution in [0.25, 0.3) is 0 Å². The van der Waals surface area contributed by atoms with Gasteiger partial charge in [-0.1, -0.05) is 0 Å². The van der Waals surface area contributed by atoms with Crippen molar-refractivity contribution < 1.29 is 4.39 Å². The van der Waals surface area contributed by atoms with Crippen LogP contribution in [0, 0.1) is 11.2 Å². The maximum atomic E-state index is 12.7. The number of nitrogens with zero attached hydrogens (tertiary/aromatic N) is 1. The summed E-state index contributed by atoms with van der Waals surface area (Å²) in [6, 6.07) is 6.35. The number of amidine groups is 1. The molecule has 0 atom stereocenters. The highest BCUT2D eigenvalue weighted by atomic mass is 19.1. The molecule has 1 aromatic carbocycles. The molecule has 0 aliphatic carbocycles. The fourth-order valence-corrected chi connectivity index (χ4v) is 1.74. The number of nitrogens with one attached hydrogen (secondary N) is 1. The Bertz CT molecular complexity index is 332. The van der Waals surface area contributed by atoms with E-state index in [1.54, 1.807) is 12.1 Å². The zero-order valence-corrected chi connectivity index (χ0v) is 7.96. The molecule has 0 spiro atoms. The number of hydrogen-bond donors (Lipinski definition) is 1. The van der Waals surface area contributed by atoms with E-state index >= 15 is 0 Å². The van der Waals surface area contributed by atoms with Gasteiger partial charge in [-0.05, 0) is 37.1 Å². The Morgan fingerprint density at radius 3 is 2.50 bits per heavy atom. The van der Waals surface area contributed by atoms with Crippen molar-refractivity contribution in [3.63, 3.8) is 0 Å². The minimum absolute atomic E-state index is 0.225. The summed E-state index contributed by atoms with van der Waals surface area (Å²) < 4.78 is 12.7. The molecule has 1 heterocycles. The summed E-state index contributed by atoms with van der Waals surface area (Å²) >= 11 is 0. The molecule has 0 bridgehead atoms. The molecule has 2 nitrogen and oxygen atoms in total. The van der Waals surface area contributed by atoms with Crippen LogP contribution in [0.4, 0.5) is 10.1 Å². The average molecular weight is 192 g/mol. The summed E-state index contributed by atoms with van der Waals surface area (Å²) in [5.74, 6) is 0.417. The summed E-state index contributed by atoms with van der Waals surface area (Å²) in [6.45, 7) is 0.879. The monoisotopic (exact) mass is 192 g/mol. The highest BCUT2D eigenvalue weighted by Crippen LogP contribution is 2.20. The predicted octanol–water partition coefficient (Wildman–Crippen LogP) is 2.79. The highest BCUT2D eigenvalue weighted by molar-refractivity contribution is 5.96. The van der Waals surface area contributed by atoms with E-state index in [9.17, 15) is 4.39 Å². The average Bonchev–Trinajstić information content (AvgIpc) is 2.20. The minimum atomic E-state index is -0.225. The zero-order valence-electron chi connectivity index (χ0n) is 7.96. The van der Waals surface area contributed by atoms with E-state index in [2.05, 4.69) is 0 Å². The van der Waals surface area contributed by atoms with Crippen molar-refractivity contribution in [1.82, 2.24) is 0 Å². The lowest BCUT2D eigenvalue weighted by atomic mass is 10.1. The van der Waals surface area contributed by atoms with Crippen molar-refractivity contribution in [2.45, 2.75) is 19.3 Å². The first-order valence-electron chi connectivity index (χ1n) is 4.88. The first-order valence-corrected chi connectivity index (χ1v) is 4.88. The Hall–Kier alpha value is -1.38. The fourth-order valence-electron chi connectivity index (χ4n) is 1.74. The van der Waals surface area contributed by atoms with E-state index in [0.717, 1.165) is 31.5 Å². The molecule has 1 N–H and O–H groups in total. The highest BCUT2D eigenvalue weighted by Gasteiger charge is 2.15. The molecule has 1 saturated heterocycles. The van der Waals surface area contributed by atoms with Crippen molar-refractivity contribution in [2.75, 3.05) is 11.4 Å². The lowest BCUT2D eigenvalue weighted by Crippen LogP contribution is -2.34. The molecule has 0 saturated carbocycles. The molecule has 1 fully saturated rings. The van der Waals surface area contributed by atoms with Crippen LogP contribution >= 0.6 is 0 Å². The van der Waals surface area contributed by atoms with E-state index in [-0.39, 0.29) is 5.82 Å². The smallest absolute Gasteiger partial charge is 0.123 e. The van der Waals surface area contributed by atoms with Crippen LogP contribution in [0.15, 0.2) is 24.3 Å². The molecule has 0 aromatic heterocycles. The quantitative estimate of drug-likeness (QED) is 0.727. The Morgan fingerprint density at radius 1 is 1.14 bits per heavy atom. The van der Waals surface area contributed by atoms with Crippen molar-refractivity contribution in [1.29, 1.82) is 5.41 Å². The molecule has 14 heavy (non-hydrogen) atoms. The van der Waals surface area contributed by atoms with Crippen LogP contribution in [0.3, 0.4) is 0 Å². The van der Waals surface area contributed by atoms with Crippen molar-refractivity contribution in [2.24, 2.45) is 0 Å². The van der Waals surface area contributed by atoms with Gasteiger partial charge in [0.15, 0.2) is 0 Å². The largest absolute Gasteiger partial charge is 0.330 e. The lowest BCUT2D eigenvalue weighted by Gasteiger charge is -2.29. The molecule has 1 aromatic rings. The fraction of sp³-hybridized carbons (Fsp3) is 0.364. The third-order valence-electron chi connectivity index (χ3n) is 2.51. The number of rotatable bonds is 1. The predicted molar refractivity (Wildman–Crippen MR) is 55.3 cm³/mol. The molecular formula is C11H13FN2. The van der Waals surface area contributed by atoms with Gasteiger partial charge < -0.3 is 4.90 Å². The van der Waals surface area contributed by atoms with Gasteiger partial charge in [0.1, 0.15) is 11.7 Å². The first kappa shape index (κ1) is 9.19. The van der Waals surface area contributed by atoms with Crippen LogP contribution in [-0.4, -0.2) is 12.4 Å². The molecule has 2 rings (SSSR count). The first-order chi connectivity index (χ1) is 6.77. The van der Waals surface area contributed by atoms with Gasteiger partial charge in [-0.25, -0.2) is 4.39 Å². The maximum absolute atomic E-state index is 12.7. The second-order valence-corrected chi connectivity index (χ2v) is 3.53. The van der Waals surface area contributed by atoms with Gasteiger partial charge >= 0.3 is 0 Å². The molecular weight excluding hydrogens is 179 g/mol. The minimum Gasteiger partial charge on any atom is -0.330 e. The molecule has 0 unspecified atom stereocenters. The number of piperidine rings is 1. The molecule has 0 amide bonds. The van der Waals surface area contributed by atoms with Gasteiger partial charge in [0.25, 0.3) is 0 Å². The van der Waals surface area contributed by atoms with E-state index in [1.807, 2.05) is 4.90 Å². The van der Waals surface area contributed by atoms with Crippen LogP contribution in [-0.2, 0) is 0 Å².